The topological polar surface area (TPSA) is 42.4 Å². The Kier molecular flexibility index (Phi) is 3.68. The van der Waals surface area contributed by atoms with Gasteiger partial charge in [-0.15, -0.1) is 11.3 Å². The van der Waals surface area contributed by atoms with Crippen molar-refractivity contribution in [2.75, 3.05) is 7.11 Å². The standard InChI is InChI=1S/C14H17NO2S/c1-8-6-12(17-4)9(2)5-11(8)14-10(3)18-13(7-16)15-14/h5-6,16H,7H2,1-4H3. The van der Waals surface area contributed by atoms with Crippen LogP contribution in [0, 0.1) is 20.8 Å². The lowest BCUT2D eigenvalue weighted by molar-refractivity contribution is 0.281. The molecule has 0 atom stereocenters. The highest BCUT2D eigenvalue weighted by molar-refractivity contribution is 7.12. The summed E-state index contributed by atoms with van der Waals surface area (Å²) >= 11 is 1.54. The molecule has 0 bridgehead atoms. The Hall–Kier alpha value is -1.39. The number of ether oxygens (including phenoxy) is 1. The first-order valence-electron chi connectivity index (χ1n) is 5.79. The molecule has 96 valence electrons. The van der Waals surface area contributed by atoms with Gasteiger partial charge in [-0.2, -0.15) is 0 Å². The van der Waals surface area contributed by atoms with Crippen LogP contribution in [0.2, 0.25) is 0 Å². The second kappa shape index (κ2) is 5.08. The lowest BCUT2D eigenvalue weighted by Gasteiger charge is -2.10. The van der Waals surface area contributed by atoms with Crippen molar-refractivity contribution in [1.29, 1.82) is 0 Å². The summed E-state index contributed by atoms with van der Waals surface area (Å²) < 4.78 is 5.32. The maximum absolute atomic E-state index is 9.16. The van der Waals surface area contributed by atoms with E-state index in [1.54, 1.807) is 18.4 Å². The summed E-state index contributed by atoms with van der Waals surface area (Å²) in [4.78, 5) is 5.61. The first kappa shape index (κ1) is 13.1. The molecule has 0 aliphatic carbocycles. The van der Waals surface area contributed by atoms with Crippen molar-refractivity contribution < 1.29 is 9.84 Å². The van der Waals surface area contributed by atoms with Gasteiger partial charge < -0.3 is 9.84 Å². The summed E-state index contributed by atoms with van der Waals surface area (Å²) in [5.41, 5.74) is 4.31. The molecule has 1 N–H and O–H groups in total. The Bertz CT molecular complexity index is 575. The normalized spacial score (nSPS) is 10.7. The fourth-order valence-corrected chi connectivity index (χ4v) is 2.84. The quantitative estimate of drug-likeness (QED) is 0.924. The fraction of sp³-hybridized carbons (Fsp3) is 0.357. The van der Waals surface area contributed by atoms with Crippen LogP contribution in [-0.2, 0) is 6.61 Å². The first-order chi connectivity index (χ1) is 8.56. The molecule has 4 heteroatoms. The number of nitrogens with zero attached hydrogens (tertiary/aromatic N) is 1. The third kappa shape index (κ3) is 2.26. The summed E-state index contributed by atoms with van der Waals surface area (Å²) in [6.07, 6.45) is 0. The average molecular weight is 263 g/mol. The molecule has 0 saturated carbocycles. The minimum absolute atomic E-state index is 0.000306. The van der Waals surface area contributed by atoms with Gasteiger partial charge in [-0.25, -0.2) is 4.98 Å². The van der Waals surface area contributed by atoms with E-state index in [4.69, 9.17) is 9.84 Å². The van der Waals surface area contributed by atoms with Crippen LogP contribution in [0.3, 0.4) is 0 Å². The molecule has 0 amide bonds. The van der Waals surface area contributed by atoms with Gasteiger partial charge in [0.15, 0.2) is 0 Å². The summed E-state index contributed by atoms with van der Waals surface area (Å²) in [7, 11) is 1.68. The molecule has 0 aliphatic rings. The van der Waals surface area contributed by atoms with E-state index in [9.17, 15) is 0 Å². The number of aliphatic hydroxyl groups is 1. The molecule has 3 nitrogen and oxygen atoms in total. The monoisotopic (exact) mass is 263 g/mol. The maximum Gasteiger partial charge on any atom is 0.122 e. The number of hydrogen-bond donors (Lipinski definition) is 1. The number of rotatable bonds is 3. The highest BCUT2D eigenvalue weighted by atomic mass is 32.1. The molecule has 0 radical (unpaired) electrons. The summed E-state index contributed by atoms with van der Waals surface area (Å²) in [5, 5.41) is 9.92. The molecule has 1 aromatic carbocycles. The predicted molar refractivity (Wildman–Crippen MR) is 74.2 cm³/mol. The van der Waals surface area contributed by atoms with Crippen LogP contribution >= 0.6 is 11.3 Å². The highest BCUT2D eigenvalue weighted by Crippen LogP contribution is 2.33. The lowest BCUT2D eigenvalue weighted by Crippen LogP contribution is -1.92. The van der Waals surface area contributed by atoms with Crippen LogP contribution in [0.4, 0.5) is 0 Å². The van der Waals surface area contributed by atoms with Crippen molar-refractivity contribution >= 4 is 11.3 Å². The fourth-order valence-electron chi connectivity index (χ4n) is 2.03. The first-order valence-corrected chi connectivity index (χ1v) is 6.61. The van der Waals surface area contributed by atoms with E-state index in [-0.39, 0.29) is 6.61 Å². The molecular formula is C14H17NO2S. The maximum atomic E-state index is 9.16. The van der Waals surface area contributed by atoms with Crippen LogP contribution in [-0.4, -0.2) is 17.2 Å². The highest BCUT2D eigenvalue weighted by Gasteiger charge is 2.13. The van der Waals surface area contributed by atoms with Crippen molar-refractivity contribution in [3.05, 3.63) is 33.1 Å². The molecule has 2 aromatic rings. The van der Waals surface area contributed by atoms with Gasteiger partial charge in [0.25, 0.3) is 0 Å². The van der Waals surface area contributed by atoms with E-state index < -0.39 is 0 Å². The van der Waals surface area contributed by atoms with E-state index in [0.29, 0.717) is 0 Å². The van der Waals surface area contributed by atoms with Crippen LogP contribution < -0.4 is 4.74 Å². The van der Waals surface area contributed by atoms with Gasteiger partial charge in [-0.3, -0.25) is 0 Å². The number of aryl methyl sites for hydroxylation is 3. The molecule has 1 aromatic heterocycles. The minimum atomic E-state index is -0.000306. The number of aliphatic hydroxyl groups excluding tert-OH is 1. The van der Waals surface area contributed by atoms with Crippen molar-refractivity contribution in [3.63, 3.8) is 0 Å². The number of thiazole rings is 1. The summed E-state index contributed by atoms with van der Waals surface area (Å²) in [6, 6.07) is 4.12. The van der Waals surface area contributed by atoms with Crippen molar-refractivity contribution in [2.45, 2.75) is 27.4 Å². The van der Waals surface area contributed by atoms with Gasteiger partial charge in [0.2, 0.25) is 0 Å². The van der Waals surface area contributed by atoms with Gasteiger partial charge in [0.05, 0.1) is 19.4 Å². The molecular weight excluding hydrogens is 246 g/mol. The Morgan fingerprint density at radius 2 is 1.94 bits per heavy atom. The summed E-state index contributed by atoms with van der Waals surface area (Å²) in [6.45, 7) is 6.11. The van der Waals surface area contributed by atoms with E-state index in [1.807, 2.05) is 19.9 Å². The van der Waals surface area contributed by atoms with E-state index in [0.717, 1.165) is 38.0 Å². The predicted octanol–water partition coefficient (Wildman–Crippen LogP) is 3.24. The molecule has 0 aliphatic heterocycles. The van der Waals surface area contributed by atoms with Crippen LogP contribution in [0.5, 0.6) is 5.75 Å². The average Bonchev–Trinajstić information content (AvgIpc) is 2.73. The second-order valence-electron chi connectivity index (χ2n) is 4.31. The summed E-state index contributed by atoms with van der Waals surface area (Å²) in [5.74, 6) is 0.895. The van der Waals surface area contributed by atoms with Gasteiger partial charge in [0, 0.05) is 10.4 Å². The van der Waals surface area contributed by atoms with Gasteiger partial charge in [0.1, 0.15) is 10.8 Å². The van der Waals surface area contributed by atoms with Crippen molar-refractivity contribution in [3.8, 4) is 17.0 Å². The zero-order valence-electron chi connectivity index (χ0n) is 11.1. The second-order valence-corrected chi connectivity index (χ2v) is 5.60. The zero-order valence-corrected chi connectivity index (χ0v) is 11.9. The van der Waals surface area contributed by atoms with Crippen molar-refractivity contribution in [1.82, 2.24) is 4.98 Å². The SMILES string of the molecule is COc1cc(C)c(-c2nc(CO)sc2C)cc1C. The molecule has 2 rings (SSSR count). The molecule has 0 saturated heterocycles. The number of methoxy groups -OCH3 is 1. The van der Waals surface area contributed by atoms with Crippen LogP contribution in [0.25, 0.3) is 11.3 Å². The molecule has 0 fully saturated rings. The minimum Gasteiger partial charge on any atom is -0.496 e. The Labute approximate surface area is 111 Å². The zero-order chi connectivity index (χ0) is 13.3. The van der Waals surface area contributed by atoms with Crippen molar-refractivity contribution in [2.24, 2.45) is 0 Å². The third-order valence-electron chi connectivity index (χ3n) is 2.97. The Morgan fingerprint density at radius 3 is 2.50 bits per heavy atom. The Morgan fingerprint density at radius 1 is 1.22 bits per heavy atom. The number of aromatic nitrogens is 1. The molecule has 0 spiro atoms. The van der Waals surface area contributed by atoms with E-state index >= 15 is 0 Å². The van der Waals surface area contributed by atoms with Crippen LogP contribution in [0.1, 0.15) is 21.0 Å². The van der Waals surface area contributed by atoms with Gasteiger partial charge in [-0.05, 0) is 44.0 Å². The number of hydrogen-bond acceptors (Lipinski definition) is 4. The molecule has 0 unspecified atom stereocenters. The van der Waals surface area contributed by atoms with Gasteiger partial charge >= 0.3 is 0 Å². The molecule has 18 heavy (non-hydrogen) atoms. The van der Waals surface area contributed by atoms with Crippen LogP contribution in [0.15, 0.2) is 12.1 Å². The van der Waals surface area contributed by atoms with E-state index in [1.165, 1.54) is 0 Å². The Balaban J connectivity index is 2.56. The van der Waals surface area contributed by atoms with E-state index in [2.05, 4.69) is 18.0 Å². The lowest BCUT2D eigenvalue weighted by atomic mass is 10.0. The molecule has 1 heterocycles. The third-order valence-corrected chi connectivity index (χ3v) is 3.93. The van der Waals surface area contributed by atoms with Gasteiger partial charge in [-0.1, -0.05) is 0 Å². The largest absolute Gasteiger partial charge is 0.496 e. The smallest absolute Gasteiger partial charge is 0.122 e. The number of benzene rings is 1.